The molecule has 0 amide bonds. The van der Waals surface area contributed by atoms with Crippen molar-refractivity contribution in [2.75, 3.05) is 6.54 Å². The van der Waals surface area contributed by atoms with Crippen molar-refractivity contribution in [2.24, 2.45) is 0 Å². The predicted molar refractivity (Wildman–Crippen MR) is 79.1 cm³/mol. The molecule has 0 aromatic heterocycles. The van der Waals surface area contributed by atoms with Crippen LogP contribution >= 0.6 is 0 Å². The smallest absolute Gasteiger partial charge is 0.387 e. The summed E-state index contributed by atoms with van der Waals surface area (Å²) in [5.41, 5.74) is 0.554. The Morgan fingerprint density at radius 1 is 1.32 bits per heavy atom. The van der Waals surface area contributed by atoms with Gasteiger partial charge in [-0.3, -0.25) is 0 Å². The molecule has 2 N–H and O–H groups in total. The summed E-state index contributed by atoms with van der Waals surface area (Å²) in [6, 6.07) is 6.45. The van der Waals surface area contributed by atoms with E-state index < -0.39 is 12.7 Å². The molecule has 4 nitrogen and oxygen atoms in total. The van der Waals surface area contributed by atoms with Gasteiger partial charge in [0.05, 0.1) is 18.3 Å². The molecular formula is C16H23F2NO3. The van der Waals surface area contributed by atoms with Gasteiger partial charge in [-0.1, -0.05) is 12.1 Å². The SMILES string of the molecule is CC1CC(NCC(O)c2cccc(OC(F)F)c2)CC(C)O1. The Labute approximate surface area is 129 Å². The highest BCUT2D eigenvalue weighted by atomic mass is 19.3. The van der Waals surface area contributed by atoms with Crippen LogP contribution in [0.2, 0.25) is 0 Å². The number of hydrogen-bond acceptors (Lipinski definition) is 4. The summed E-state index contributed by atoms with van der Waals surface area (Å²) in [7, 11) is 0. The molecule has 1 heterocycles. The molecule has 2 rings (SSSR count). The van der Waals surface area contributed by atoms with E-state index in [4.69, 9.17) is 4.74 Å². The van der Waals surface area contributed by atoms with Crippen molar-refractivity contribution < 1.29 is 23.4 Å². The number of nitrogens with one attached hydrogen (secondary N) is 1. The Hall–Kier alpha value is -1.24. The van der Waals surface area contributed by atoms with Crippen molar-refractivity contribution in [3.05, 3.63) is 29.8 Å². The van der Waals surface area contributed by atoms with Crippen LogP contribution < -0.4 is 10.1 Å². The summed E-state index contributed by atoms with van der Waals surface area (Å²) in [6.45, 7) is 1.57. The lowest BCUT2D eigenvalue weighted by molar-refractivity contribution is -0.0499. The highest BCUT2D eigenvalue weighted by Crippen LogP contribution is 2.22. The van der Waals surface area contributed by atoms with Crippen LogP contribution in [0.1, 0.15) is 38.4 Å². The second kappa shape index (κ2) is 7.85. The lowest BCUT2D eigenvalue weighted by Gasteiger charge is -2.33. The van der Waals surface area contributed by atoms with Crippen molar-refractivity contribution in [1.82, 2.24) is 5.32 Å². The second-order valence-electron chi connectivity index (χ2n) is 5.80. The number of halogens is 2. The number of alkyl halides is 2. The molecule has 0 bridgehead atoms. The largest absolute Gasteiger partial charge is 0.435 e. The molecule has 0 saturated carbocycles. The summed E-state index contributed by atoms with van der Waals surface area (Å²) >= 11 is 0. The minimum absolute atomic E-state index is 0.0554. The molecule has 1 aliphatic heterocycles. The van der Waals surface area contributed by atoms with Gasteiger partial charge in [0.25, 0.3) is 0 Å². The van der Waals surface area contributed by atoms with Gasteiger partial charge in [-0.25, -0.2) is 0 Å². The molecule has 3 atom stereocenters. The lowest BCUT2D eigenvalue weighted by atomic mass is 9.99. The molecule has 22 heavy (non-hydrogen) atoms. The van der Waals surface area contributed by atoms with E-state index in [1.807, 2.05) is 13.8 Å². The maximum Gasteiger partial charge on any atom is 0.387 e. The molecule has 124 valence electrons. The van der Waals surface area contributed by atoms with Gasteiger partial charge in [-0.05, 0) is 44.4 Å². The van der Waals surface area contributed by atoms with Crippen LogP contribution in [-0.2, 0) is 4.74 Å². The summed E-state index contributed by atoms with van der Waals surface area (Å²) < 4.78 is 34.4. The average molecular weight is 315 g/mol. The molecule has 1 aliphatic rings. The summed E-state index contributed by atoms with van der Waals surface area (Å²) in [6.07, 6.45) is 1.41. The lowest BCUT2D eigenvalue weighted by Crippen LogP contribution is -2.42. The molecule has 0 aliphatic carbocycles. The molecule has 1 saturated heterocycles. The first-order valence-electron chi connectivity index (χ1n) is 7.55. The fraction of sp³-hybridized carbons (Fsp3) is 0.625. The molecule has 1 aromatic carbocycles. The van der Waals surface area contributed by atoms with E-state index in [0.29, 0.717) is 12.1 Å². The Morgan fingerprint density at radius 3 is 2.64 bits per heavy atom. The average Bonchev–Trinajstić information content (AvgIpc) is 2.43. The van der Waals surface area contributed by atoms with Gasteiger partial charge in [-0.2, -0.15) is 8.78 Å². The Bertz CT molecular complexity index is 462. The fourth-order valence-electron chi connectivity index (χ4n) is 2.87. The monoisotopic (exact) mass is 315 g/mol. The van der Waals surface area contributed by atoms with Crippen LogP contribution in [0.25, 0.3) is 0 Å². The van der Waals surface area contributed by atoms with E-state index in [1.54, 1.807) is 12.1 Å². The van der Waals surface area contributed by atoms with E-state index in [-0.39, 0.29) is 24.0 Å². The maximum absolute atomic E-state index is 12.2. The Balaban J connectivity index is 1.87. The molecule has 1 fully saturated rings. The van der Waals surface area contributed by atoms with Crippen LogP contribution in [0, 0.1) is 0 Å². The number of benzene rings is 1. The zero-order chi connectivity index (χ0) is 16.1. The van der Waals surface area contributed by atoms with Crippen LogP contribution in [-0.4, -0.2) is 36.5 Å². The fourth-order valence-corrected chi connectivity index (χ4v) is 2.87. The number of hydrogen-bond donors (Lipinski definition) is 2. The van der Waals surface area contributed by atoms with Crippen molar-refractivity contribution >= 4 is 0 Å². The summed E-state index contributed by atoms with van der Waals surface area (Å²) in [4.78, 5) is 0. The van der Waals surface area contributed by atoms with Crippen molar-refractivity contribution in [3.63, 3.8) is 0 Å². The van der Waals surface area contributed by atoms with Gasteiger partial charge in [0.2, 0.25) is 0 Å². The molecule has 3 unspecified atom stereocenters. The third-order valence-electron chi connectivity index (χ3n) is 3.77. The number of aliphatic hydroxyl groups excluding tert-OH is 1. The Kier molecular flexibility index (Phi) is 6.11. The second-order valence-corrected chi connectivity index (χ2v) is 5.80. The van der Waals surface area contributed by atoms with E-state index in [2.05, 4.69) is 10.1 Å². The van der Waals surface area contributed by atoms with Gasteiger partial charge in [-0.15, -0.1) is 0 Å². The maximum atomic E-state index is 12.2. The summed E-state index contributed by atoms with van der Waals surface area (Å²) in [5.74, 6) is 0.0554. The van der Waals surface area contributed by atoms with Gasteiger partial charge < -0.3 is 19.9 Å². The molecule has 6 heteroatoms. The van der Waals surface area contributed by atoms with Crippen LogP contribution in [0.15, 0.2) is 24.3 Å². The minimum Gasteiger partial charge on any atom is -0.435 e. The number of rotatable bonds is 6. The zero-order valence-corrected chi connectivity index (χ0v) is 12.8. The van der Waals surface area contributed by atoms with E-state index >= 15 is 0 Å². The Morgan fingerprint density at radius 2 is 2.00 bits per heavy atom. The normalized spacial score (nSPS) is 26.9. The highest BCUT2D eigenvalue weighted by Gasteiger charge is 2.24. The summed E-state index contributed by atoms with van der Waals surface area (Å²) in [5, 5.41) is 13.5. The quantitative estimate of drug-likeness (QED) is 0.847. The number of ether oxygens (including phenoxy) is 2. The first-order valence-corrected chi connectivity index (χ1v) is 7.55. The third-order valence-corrected chi connectivity index (χ3v) is 3.77. The molecular weight excluding hydrogens is 292 g/mol. The van der Waals surface area contributed by atoms with Crippen molar-refractivity contribution in [1.29, 1.82) is 0 Å². The predicted octanol–water partition coefficient (Wildman–Crippen LogP) is 2.87. The van der Waals surface area contributed by atoms with Crippen LogP contribution in [0.5, 0.6) is 5.75 Å². The van der Waals surface area contributed by atoms with E-state index in [0.717, 1.165) is 12.8 Å². The van der Waals surface area contributed by atoms with Gasteiger partial charge >= 0.3 is 6.61 Å². The van der Waals surface area contributed by atoms with Crippen molar-refractivity contribution in [3.8, 4) is 5.75 Å². The number of aliphatic hydroxyl groups is 1. The molecule has 0 spiro atoms. The van der Waals surface area contributed by atoms with E-state index in [9.17, 15) is 13.9 Å². The van der Waals surface area contributed by atoms with Crippen molar-refractivity contribution in [2.45, 2.75) is 57.7 Å². The first-order chi connectivity index (χ1) is 10.4. The van der Waals surface area contributed by atoms with Crippen LogP contribution in [0.3, 0.4) is 0 Å². The topological polar surface area (TPSA) is 50.7 Å². The highest BCUT2D eigenvalue weighted by molar-refractivity contribution is 5.30. The van der Waals surface area contributed by atoms with Gasteiger partial charge in [0.15, 0.2) is 0 Å². The van der Waals surface area contributed by atoms with Crippen LogP contribution in [0.4, 0.5) is 8.78 Å². The first kappa shape index (κ1) is 17.1. The van der Waals surface area contributed by atoms with Gasteiger partial charge in [0.1, 0.15) is 5.75 Å². The minimum atomic E-state index is -2.87. The zero-order valence-electron chi connectivity index (χ0n) is 12.8. The standard InChI is InChI=1S/C16H23F2NO3/c1-10-6-13(7-11(2)21-10)19-9-15(20)12-4-3-5-14(8-12)22-16(17)18/h3-5,8,10-11,13,15-16,19-20H,6-7,9H2,1-2H3. The van der Waals surface area contributed by atoms with Gasteiger partial charge in [0, 0.05) is 12.6 Å². The van der Waals surface area contributed by atoms with E-state index in [1.165, 1.54) is 12.1 Å². The third kappa shape index (κ3) is 5.19. The molecule has 0 radical (unpaired) electrons. The molecule has 1 aromatic rings.